The van der Waals surface area contributed by atoms with Crippen molar-refractivity contribution in [2.75, 3.05) is 11.9 Å². The van der Waals surface area contributed by atoms with Gasteiger partial charge in [0.05, 0.1) is 35.3 Å². The quantitative estimate of drug-likeness (QED) is 0.757. The maximum atomic E-state index is 13.3. The third-order valence-electron chi connectivity index (χ3n) is 3.73. The van der Waals surface area contributed by atoms with Gasteiger partial charge < -0.3 is 15.0 Å². The first-order chi connectivity index (χ1) is 11.6. The van der Waals surface area contributed by atoms with E-state index >= 15 is 0 Å². The fourth-order valence-corrected chi connectivity index (χ4v) is 2.57. The maximum Gasteiger partial charge on any atom is 0.204 e. The van der Waals surface area contributed by atoms with Crippen molar-refractivity contribution in [3.8, 4) is 6.07 Å². The number of anilines is 1. The third-order valence-corrected chi connectivity index (χ3v) is 3.73. The molecule has 0 bridgehead atoms. The van der Waals surface area contributed by atoms with Crippen molar-refractivity contribution < 1.29 is 9.50 Å². The number of aliphatic hydroxyl groups is 1. The molecule has 2 N–H and O–H groups in total. The molecule has 1 heterocycles. The first kappa shape index (κ1) is 16.0. The molecule has 1 atom stereocenters. The number of hydrogen-bond donors (Lipinski definition) is 2. The van der Waals surface area contributed by atoms with Gasteiger partial charge in [-0.05, 0) is 36.8 Å². The molecule has 1 aromatic heterocycles. The molecular weight excluding hydrogens is 307 g/mol. The molecule has 6 heteroatoms. The highest BCUT2D eigenvalue weighted by Gasteiger charge is 2.13. The number of benzene rings is 2. The number of para-hydroxylation sites is 2. The van der Waals surface area contributed by atoms with Gasteiger partial charge >= 0.3 is 0 Å². The number of aromatic nitrogens is 2. The van der Waals surface area contributed by atoms with E-state index in [9.17, 15) is 14.8 Å². The Bertz CT molecular complexity index is 911. The minimum absolute atomic E-state index is 0.300. The van der Waals surface area contributed by atoms with Crippen LogP contribution >= 0.6 is 0 Å². The number of nitrogens with zero attached hydrogens (tertiary/aromatic N) is 3. The number of rotatable bonds is 5. The van der Waals surface area contributed by atoms with Crippen molar-refractivity contribution in [3.05, 3.63) is 59.4 Å². The second-order valence-corrected chi connectivity index (χ2v) is 5.65. The van der Waals surface area contributed by atoms with Crippen molar-refractivity contribution in [1.29, 1.82) is 5.26 Å². The molecule has 0 saturated carbocycles. The van der Waals surface area contributed by atoms with Crippen LogP contribution in [0.4, 0.5) is 10.3 Å². The zero-order chi connectivity index (χ0) is 17.1. The van der Waals surface area contributed by atoms with Gasteiger partial charge in [-0.3, -0.25) is 0 Å². The topological polar surface area (TPSA) is 73.9 Å². The van der Waals surface area contributed by atoms with Crippen molar-refractivity contribution in [2.45, 2.75) is 19.6 Å². The van der Waals surface area contributed by atoms with E-state index in [1.807, 2.05) is 34.9 Å². The third kappa shape index (κ3) is 3.21. The largest absolute Gasteiger partial charge is 0.392 e. The van der Waals surface area contributed by atoms with Gasteiger partial charge in [-0.1, -0.05) is 18.2 Å². The highest BCUT2D eigenvalue weighted by molar-refractivity contribution is 5.78. The summed E-state index contributed by atoms with van der Waals surface area (Å²) in [6, 6.07) is 13.9. The number of nitrogens with one attached hydrogen (secondary N) is 1. The van der Waals surface area contributed by atoms with Crippen LogP contribution in [0.1, 0.15) is 18.1 Å². The van der Waals surface area contributed by atoms with Gasteiger partial charge in [-0.2, -0.15) is 5.26 Å². The van der Waals surface area contributed by atoms with Crippen LogP contribution in [0.5, 0.6) is 0 Å². The van der Waals surface area contributed by atoms with Crippen LogP contribution in [0.2, 0.25) is 0 Å². The van der Waals surface area contributed by atoms with E-state index < -0.39 is 11.9 Å². The summed E-state index contributed by atoms with van der Waals surface area (Å²) < 4.78 is 15.3. The first-order valence-corrected chi connectivity index (χ1v) is 7.64. The van der Waals surface area contributed by atoms with E-state index in [2.05, 4.69) is 10.3 Å². The molecule has 0 fully saturated rings. The van der Waals surface area contributed by atoms with E-state index in [4.69, 9.17) is 0 Å². The second kappa shape index (κ2) is 6.69. The molecule has 0 saturated heterocycles. The summed E-state index contributed by atoms with van der Waals surface area (Å²) in [6.07, 6.45) is -0.515. The van der Waals surface area contributed by atoms with Crippen molar-refractivity contribution >= 4 is 17.0 Å². The van der Waals surface area contributed by atoms with Crippen LogP contribution in [0.15, 0.2) is 42.5 Å². The predicted molar refractivity (Wildman–Crippen MR) is 90.1 cm³/mol. The van der Waals surface area contributed by atoms with E-state index in [0.29, 0.717) is 30.2 Å². The van der Waals surface area contributed by atoms with Crippen LogP contribution < -0.4 is 5.32 Å². The number of nitriles is 1. The Morgan fingerprint density at radius 1 is 1.33 bits per heavy atom. The Kier molecular flexibility index (Phi) is 4.45. The zero-order valence-electron chi connectivity index (χ0n) is 13.2. The summed E-state index contributed by atoms with van der Waals surface area (Å²) in [5.41, 5.74) is 2.72. The second-order valence-electron chi connectivity index (χ2n) is 5.65. The Balaban J connectivity index is 2.04. The van der Waals surface area contributed by atoms with Crippen LogP contribution in [-0.4, -0.2) is 27.3 Å². The first-order valence-electron chi connectivity index (χ1n) is 7.64. The summed E-state index contributed by atoms with van der Waals surface area (Å²) in [6.45, 7) is 2.43. The van der Waals surface area contributed by atoms with E-state index in [-0.39, 0.29) is 0 Å². The highest BCUT2D eigenvalue weighted by atomic mass is 19.1. The zero-order valence-corrected chi connectivity index (χ0v) is 13.2. The molecule has 3 rings (SSSR count). The standard InChI is InChI=1S/C18H17FN4O/c1-12(24)10-21-18-22-16-4-2-3-5-17(16)23(18)11-13-6-7-15(19)8-14(13)9-20/h2-8,12,24H,10-11H2,1H3,(H,21,22). The van der Waals surface area contributed by atoms with Gasteiger partial charge in [0.25, 0.3) is 0 Å². The molecule has 24 heavy (non-hydrogen) atoms. The van der Waals surface area contributed by atoms with Gasteiger partial charge in [0.1, 0.15) is 5.82 Å². The lowest BCUT2D eigenvalue weighted by Crippen LogP contribution is -2.18. The molecular formula is C18H17FN4O. The average molecular weight is 324 g/mol. The van der Waals surface area contributed by atoms with Crippen LogP contribution in [0.25, 0.3) is 11.0 Å². The summed E-state index contributed by atoms with van der Waals surface area (Å²) in [5, 5.41) is 21.9. The normalized spacial score (nSPS) is 12.1. The molecule has 122 valence electrons. The summed E-state index contributed by atoms with van der Waals surface area (Å²) in [7, 11) is 0. The molecule has 3 aromatic rings. The molecule has 0 amide bonds. The highest BCUT2D eigenvalue weighted by Crippen LogP contribution is 2.22. The monoisotopic (exact) mass is 324 g/mol. The van der Waals surface area contributed by atoms with Crippen molar-refractivity contribution in [3.63, 3.8) is 0 Å². The van der Waals surface area contributed by atoms with Gasteiger partial charge in [-0.25, -0.2) is 9.37 Å². The molecule has 0 spiro atoms. The number of imidazole rings is 1. The lowest BCUT2D eigenvalue weighted by Gasteiger charge is -2.13. The molecule has 1 unspecified atom stereocenters. The van der Waals surface area contributed by atoms with Crippen LogP contribution in [0, 0.1) is 17.1 Å². The van der Waals surface area contributed by atoms with Gasteiger partial charge in [-0.15, -0.1) is 0 Å². The van der Waals surface area contributed by atoms with Gasteiger partial charge in [0, 0.05) is 6.54 Å². The van der Waals surface area contributed by atoms with Crippen LogP contribution in [0.3, 0.4) is 0 Å². The molecule has 0 aliphatic heterocycles. The molecule has 0 radical (unpaired) electrons. The fraction of sp³-hybridized carbons (Fsp3) is 0.222. The smallest absolute Gasteiger partial charge is 0.204 e. The van der Waals surface area contributed by atoms with Gasteiger partial charge in [0.15, 0.2) is 0 Å². The van der Waals surface area contributed by atoms with E-state index in [0.717, 1.165) is 11.0 Å². The number of halogens is 1. The Labute approximate surface area is 139 Å². The number of aliphatic hydroxyl groups excluding tert-OH is 1. The lowest BCUT2D eigenvalue weighted by atomic mass is 10.1. The predicted octanol–water partition coefficient (Wildman–Crippen LogP) is 2.89. The lowest BCUT2D eigenvalue weighted by molar-refractivity contribution is 0.208. The number of hydrogen-bond acceptors (Lipinski definition) is 4. The summed E-state index contributed by atoms with van der Waals surface area (Å²) in [4.78, 5) is 4.54. The summed E-state index contributed by atoms with van der Waals surface area (Å²) in [5.74, 6) is 0.170. The minimum atomic E-state index is -0.515. The molecule has 0 aliphatic carbocycles. The van der Waals surface area contributed by atoms with Crippen molar-refractivity contribution in [1.82, 2.24) is 9.55 Å². The Hall–Kier alpha value is -2.91. The number of fused-ring (bicyclic) bond motifs is 1. The maximum absolute atomic E-state index is 13.3. The average Bonchev–Trinajstić information content (AvgIpc) is 2.92. The van der Waals surface area contributed by atoms with E-state index in [1.165, 1.54) is 12.1 Å². The molecule has 2 aromatic carbocycles. The van der Waals surface area contributed by atoms with E-state index in [1.54, 1.807) is 13.0 Å². The molecule has 0 aliphatic rings. The fourth-order valence-electron chi connectivity index (χ4n) is 2.57. The SMILES string of the molecule is CC(O)CNc1nc2ccccc2n1Cc1ccc(F)cc1C#N. The minimum Gasteiger partial charge on any atom is -0.392 e. The van der Waals surface area contributed by atoms with Crippen LogP contribution in [-0.2, 0) is 6.54 Å². The van der Waals surface area contributed by atoms with Gasteiger partial charge in [0.2, 0.25) is 5.95 Å². The Morgan fingerprint density at radius 3 is 2.88 bits per heavy atom. The van der Waals surface area contributed by atoms with Crippen molar-refractivity contribution in [2.24, 2.45) is 0 Å². The molecule has 5 nitrogen and oxygen atoms in total. The summed E-state index contributed by atoms with van der Waals surface area (Å²) >= 11 is 0. The Morgan fingerprint density at radius 2 is 2.12 bits per heavy atom.